The van der Waals surface area contributed by atoms with Gasteiger partial charge in [-0.3, -0.25) is 52.7 Å². The number of unbranched alkanes of at least 4 members (excludes halogenated alkanes) is 1. The predicted octanol–water partition coefficient (Wildman–Crippen LogP) is -8.02. The number of rotatable bonds is 27. The molecule has 24 heteroatoms. The van der Waals surface area contributed by atoms with Crippen LogP contribution in [0.15, 0.2) is 0 Å². The average molecular weight is 802 g/mol. The number of carbonyl (C=O) groups is 11. The lowest BCUT2D eigenvalue weighted by Crippen LogP contribution is -2.61. The minimum atomic E-state index is -1.76. The summed E-state index contributed by atoms with van der Waals surface area (Å²) in [6.07, 6.45) is -0.616. The third kappa shape index (κ3) is 18.9. The van der Waals surface area contributed by atoms with Crippen LogP contribution < -0.4 is 65.9 Å². The van der Waals surface area contributed by atoms with Crippen molar-refractivity contribution in [2.75, 3.05) is 13.2 Å². The Kier molecular flexibility index (Phi) is 22.6. The van der Waals surface area contributed by atoms with E-state index >= 15 is 0 Å². The highest BCUT2D eigenvalue weighted by molar-refractivity contribution is 5.99. The van der Waals surface area contributed by atoms with Crippen LogP contribution in [0, 0.1) is 5.92 Å². The number of hydrogen-bond acceptors (Lipinski definition) is 12. The third-order valence-corrected chi connectivity index (χ3v) is 8.19. The zero-order valence-electron chi connectivity index (χ0n) is 31.9. The van der Waals surface area contributed by atoms with Crippen LogP contribution in [-0.4, -0.2) is 126 Å². The lowest BCUT2D eigenvalue weighted by Gasteiger charge is -2.28. The van der Waals surface area contributed by atoms with Gasteiger partial charge in [-0.05, 0) is 32.1 Å². The van der Waals surface area contributed by atoms with Gasteiger partial charge in [0, 0.05) is 6.92 Å². The largest absolute Gasteiger partial charge is 0.394 e. The first-order chi connectivity index (χ1) is 26.1. The molecule has 0 aromatic rings. The fourth-order valence-electron chi connectivity index (χ4n) is 4.92. The summed E-state index contributed by atoms with van der Waals surface area (Å²) >= 11 is 0. The zero-order valence-corrected chi connectivity index (χ0v) is 31.9. The molecule has 0 saturated carbocycles. The summed E-state index contributed by atoms with van der Waals surface area (Å²) in [5, 5.41) is 25.8. The number of nitrogens with one attached hydrogen (secondary N) is 7. The molecule has 0 saturated heterocycles. The molecule has 0 rings (SSSR count). The Balaban J connectivity index is 6.00. The number of hydrogen-bond donors (Lipinski definition) is 13. The topological polar surface area (TPSA) is 424 Å². The van der Waals surface area contributed by atoms with Crippen molar-refractivity contribution in [3.8, 4) is 0 Å². The SMILES string of the molecule is CC[C@H](C)[C@H](NC(=O)[C@H](C)NC(=O)[C@H](CC(N)=O)NC(=O)[C@H](CO)NC(=O)[C@H](CC(N)=O)NC(C)=O)C(=O)N[C@@H](CCCC[NH3+])C(=O)N[C@@H](CC(N)=O)C(N)=O. The van der Waals surface area contributed by atoms with Gasteiger partial charge >= 0.3 is 0 Å². The molecule has 0 heterocycles. The quantitative estimate of drug-likeness (QED) is 0.0345. The molecule has 56 heavy (non-hydrogen) atoms. The van der Waals surface area contributed by atoms with E-state index in [1.165, 1.54) is 6.92 Å². The van der Waals surface area contributed by atoms with Crippen molar-refractivity contribution >= 4 is 65.0 Å². The molecule has 0 aromatic carbocycles. The second kappa shape index (κ2) is 25.2. The van der Waals surface area contributed by atoms with Crippen molar-refractivity contribution in [2.24, 2.45) is 28.9 Å². The Hall–Kier alpha value is -5.91. The summed E-state index contributed by atoms with van der Waals surface area (Å²) in [6, 6.07) is -10.4. The second-order valence-corrected chi connectivity index (χ2v) is 13.0. The van der Waals surface area contributed by atoms with E-state index in [4.69, 9.17) is 22.9 Å². The normalized spacial score (nSPS) is 15.0. The highest BCUT2D eigenvalue weighted by atomic mass is 16.3. The molecule has 0 spiro atoms. The predicted molar refractivity (Wildman–Crippen MR) is 194 cm³/mol. The lowest BCUT2D eigenvalue weighted by molar-refractivity contribution is -0.368. The number of quaternary nitrogens is 1. The van der Waals surface area contributed by atoms with Crippen LogP contribution in [0.4, 0.5) is 0 Å². The molecule has 0 aliphatic carbocycles. The summed E-state index contributed by atoms with van der Waals surface area (Å²) in [7, 11) is 0. The third-order valence-electron chi connectivity index (χ3n) is 8.19. The molecular formula is C32H57N12O12+. The molecule has 316 valence electrons. The van der Waals surface area contributed by atoms with Crippen LogP contribution in [0.25, 0.3) is 0 Å². The monoisotopic (exact) mass is 801 g/mol. The fourth-order valence-corrected chi connectivity index (χ4v) is 4.92. The van der Waals surface area contributed by atoms with E-state index in [0.29, 0.717) is 25.8 Å². The molecule has 0 aromatic heterocycles. The molecule has 11 amide bonds. The summed E-state index contributed by atoms with van der Waals surface area (Å²) in [5.41, 5.74) is 24.5. The molecule has 0 aliphatic heterocycles. The van der Waals surface area contributed by atoms with Crippen LogP contribution in [0.3, 0.4) is 0 Å². The van der Waals surface area contributed by atoms with Crippen molar-refractivity contribution in [3.05, 3.63) is 0 Å². The standard InChI is InChI=1S/C32H56N12O12/c1-5-14(2)25(32(56)40-17(8-6-7-9-33)28(52)41-18(26(37)50)10-22(34)47)44-27(51)15(3)38-29(53)20(12-24(36)49)42-31(55)21(13-45)43-30(54)19(11-23(35)48)39-16(4)46/h14-15,17-21,25,45H,5-13,33H2,1-4H3,(H2,34,47)(H2,35,48)(H2,36,49)(H2,37,50)(H,38,53)(H,39,46)(H,40,56)(H,41,52)(H,42,55)(H,43,54)(H,44,51)/p+1/t14-,15-,17-,18-,19-,20-,21-,25-/m0/s1. The van der Waals surface area contributed by atoms with Crippen molar-refractivity contribution in [1.82, 2.24) is 37.2 Å². The van der Waals surface area contributed by atoms with E-state index in [2.05, 4.69) is 43.0 Å². The number of primary amides is 4. The van der Waals surface area contributed by atoms with Crippen molar-refractivity contribution in [1.29, 1.82) is 0 Å². The van der Waals surface area contributed by atoms with Gasteiger partial charge in [-0.1, -0.05) is 20.3 Å². The Morgan fingerprint density at radius 2 is 0.982 bits per heavy atom. The van der Waals surface area contributed by atoms with Gasteiger partial charge in [0.2, 0.25) is 65.0 Å². The van der Waals surface area contributed by atoms with Crippen LogP contribution in [0.5, 0.6) is 0 Å². The number of amides is 11. The number of nitrogens with two attached hydrogens (primary N) is 4. The number of carbonyl (C=O) groups excluding carboxylic acids is 11. The van der Waals surface area contributed by atoms with Gasteiger partial charge in [-0.2, -0.15) is 0 Å². The van der Waals surface area contributed by atoms with Gasteiger partial charge in [-0.15, -0.1) is 0 Å². The summed E-state index contributed by atoms with van der Waals surface area (Å²) in [5.74, 6) is -11.2. The van der Waals surface area contributed by atoms with E-state index in [-0.39, 0.29) is 6.42 Å². The fraction of sp³-hybridized carbons (Fsp3) is 0.656. The Morgan fingerprint density at radius 3 is 1.45 bits per heavy atom. The maximum Gasteiger partial charge on any atom is 0.245 e. The second-order valence-electron chi connectivity index (χ2n) is 13.0. The van der Waals surface area contributed by atoms with Gasteiger partial charge in [0.25, 0.3) is 0 Å². The molecular weight excluding hydrogens is 744 g/mol. The van der Waals surface area contributed by atoms with E-state index in [9.17, 15) is 57.8 Å². The smallest absolute Gasteiger partial charge is 0.245 e. The molecule has 0 fully saturated rings. The summed E-state index contributed by atoms with van der Waals surface area (Å²) < 4.78 is 0. The molecule has 24 nitrogen and oxygen atoms in total. The Bertz CT molecular complexity index is 1450. The minimum absolute atomic E-state index is 0.0832. The van der Waals surface area contributed by atoms with Gasteiger partial charge in [0.05, 0.1) is 32.4 Å². The van der Waals surface area contributed by atoms with Crippen molar-refractivity contribution in [2.45, 2.75) is 115 Å². The molecule has 8 atom stereocenters. The Labute approximate surface area is 322 Å². The van der Waals surface area contributed by atoms with Crippen molar-refractivity contribution in [3.63, 3.8) is 0 Å². The van der Waals surface area contributed by atoms with E-state index in [1.807, 2.05) is 0 Å². The molecule has 0 radical (unpaired) electrons. The van der Waals surface area contributed by atoms with E-state index in [0.717, 1.165) is 6.92 Å². The van der Waals surface area contributed by atoms with Crippen LogP contribution in [0.1, 0.15) is 72.6 Å². The first-order valence-electron chi connectivity index (χ1n) is 17.7. The summed E-state index contributed by atoms with van der Waals surface area (Å²) in [6.45, 7) is 5.10. The van der Waals surface area contributed by atoms with Gasteiger partial charge < -0.3 is 71.0 Å². The van der Waals surface area contributed by atoms with Gasteiger partial charge in [-0.25, -0.2) is 0 Å². The lowest BCUT2D eigenvalue weighted by atomic mass is 9.97. The first kappa shape index (κ1) is 50.1. The molecule has 0 unspecified atom stereocenters. The molecule has 19 N–H and O–H groups in total. The highest BCUT2D eigenvalue weighted by Gasteiger charge is 2.35. The van der Waals surface area contributed by atoms with Crippen LogP contribution in [-0.2, 0) is 52.7 Å². The van der Waals surface area contributed by atoms with Crippen molar-refractivity contribution < 1.29 is 63.6 Å². The number of aliphatic hydroxyl groups is 1. The average Bonchev–Trinajstić information content (AvgIpc) is 3.09. The first-order valence-corrected chi connectivity index (χ1v) is 17.7. The maximum absolute atomic E-state index is 13.6. The Morgan fingerprint density at radius 1 is 0.554 bits per heavy atom. The maximum atomic E-state index is 13.6. The highest BCUT2D eigenvalue weighted by Crippen LogP contribution is 2.11. The van der Waals surface area contributed by atoms with Crippen LogP contribution >= 0.6 is 0 Å². The molecule has 0 bridgehead atoms. The van der Waals surface area contributed by atoms with Crippen LogP contribution in [0.2, 0.25) is 0 Å². The van der Waals surface area contributed by atoms with Gasteiger partial charge in [0.15, 0.2) is 0 Å². The van der Waals surface area contributed by atoms with Gasteiger partial charge in [0.1, 0.15) is 42.3 Å². The summed E-state index contributed by atoms with van der Waals surface area (Å²) in [4.78, 5) is 137. The zero-order chi connectivity index (χ0) is 43.3. The number of aliphatic hydroxyl groups excluding tert-OH is 1. The molecule has 0 aliphatic rings. The van der Waals surface area contributed by atoms with E-state index < -0.39 is 139 Å². The minimum Gasteiger partial charge on any atom is -0.394 e. The van der Waals surface area contributed by atoms with E-state index in [1.54, 1.807) is 13.8 Å².